The second-order valence-corrected chi connectivity index (χ2v) is 7.00. The third kappa shape index (κ3) is 3.72. The van der Waals surface area contributed by atoms with Crippen LogP contribution in [0.5, 0.6) is 0 Å². The third-order valence-electron chi connectivity index (χ3n) is 4.54. The van der Waals surface area contributed by atoms with Crippen molar-refractivity contribution in [2.75, 3.05) is 18.4 Å². The Balaban J connectivity index is 1.48. The Morgan fingerprint density at radius 2 is 2.08 bits per heavy atom. The minimum absolute atomic E-state index is 0.0249. The molecule has 3 aromatic heterocycles. The lowest BCUT2D eigenvalue weighted by molar-refractivity contribution is 0.0702. The average Bonchev–Trinajstić information content (AvgIpc) is 3.23. The van der Waals surface area contributed by atoms with Gasteiger partial charge in [0.25, 0.3) is 5.91 Å². The van der Waals surface area contributed by atoms with E-state index >= 15 is 0 Å². The highest BCUT2D eigenvalue weighted by atomic mass is 32.1. The van der Waals surface area contributed by atoms with Gasteiger partial charge in [0, 0.05) is 36.8 Å². The number of piperidine rings is 1. The van der Waals surface area contributed by atoms with Crippen LogP contribution < -0.4 is 5.32 Å². The third-order valence-corrected chi connectivity index (χ3v) is 5.12. The van der Waals surface area contributed by atoms with Crippen molar-refractivity contribution in [2.24, 2.45) is 0 Å². The van der Waals surface area contributed by atoms with Gasteiger partial charge in [-0.2, -0.15) is 0 Å². The molecule has 7 heteroatoms. The van der Waals surface area contributed by atoms with Gasteiger partial charge in [0.2, 0.25) is 0 Å². The fourth-order valence-corrected chi connectivity index (χ4v) is 3.78. The van der Waals surface area contributed by atoms with E-state index in [0.717, 1.165) is 31.0 Å². The molecule has 6 nitrogen and oxygen atoms in total. The van der Waals surface area contributed by atoms with Crippen LogP contribution in [0.1, 0.15) is 34.8 Å². The van der Waals surface area contributed by atoms with Crippen molar-refractivity contribution >= 4 is 28.9 Å². The number of likely N-dealkylation sites (tertiary alicyclic amines) is 1. The highest BCUT2D eigenvalue weighted by Gasteiger charge is 2.26. The van der Waals surface area contributed by atoms with E-state index in [0.29, 0.717) is 18.2 Å². The second-order valence-electron chi connectivity index (χ2n) is 6.28. The first-order valence-electron chi connectivity index (χ1n) is 8.61. The van der Waals surface area contributed by atoms with E-state index in [9.17, 15) is 4.79 Å². The van der Waals surface area contributed by atoms with Gasteiger partial charge in [0.05, 0.1) is 5.51 Å². The van der Waals surface area contributed by atoms with Gasteiger partial charge < -0.3 is 10.2 Å². The quantitative estimate of drug-likeness (QED) is 0.763. The van der Waals surface area contributed by atoms with E-state index in [1.807, 2.05) is 40.7 Å². The highest BCUT2D eigenvalue weighted by Crippen LogP contribution is 2.29. The zero-order valence-electron chi connectivity index (χ0n) is 14.2. The number of anilines is 2. The molecule has 4 heterocycles. The lowest BCUT2D eigenvalue weighted by atomic mass is 9.91. The van der Waals surface area contributed by atoms with Gasteiger partial charge in [-0.25, -0.2) is 15.0 Å². The first-order valence-corrected chi connectivity index (χ1v) is 9.55. The fraction of sp³-hybridized carbons (Fsp3) is 0.263. The first kappa shape index (κ1) is 16.7. The lowest BCUT2D eigenvalue weighted by Crippen LogP contribution is -2.39. The molecule has 1 aliphatic heterocycles. The Hall–Kier alpha value is -2.80. The van der Waals surface area contributed by atoms with Crippen LogP contribution >= 0.6 is 11.3 Å². The topological polar surface area (TPSA) is 71.0 Å². The number of nitrogens with one attached hydrogen (secondary N) is 1. The van der Waals surface area contributed by atoms with Gasteiger partial charge in [-0.1, -0.05) is 6.07 Å². The molecule has 132 valence electrons. The number of carbonyl (C=O) groups is 1. The van der Waals surface area contributed by atoms with Crippen LogP contribution in [0.15, 0.2) is 53.6 Å². The molecule has 26 heavy (non-hydrogen) atoms. The smallest absolute Gasteiger partial charge is 0.273 e. The van der Waals surface area contributed by atoms with Gasteiger partial charge >= 0.3 is 0 Å². The largest absolute Gasteiger partial charge is 0.337 e. The molecule has 0 saturated carbocycles. The van der Waals surface area contributed by atoms with Gasteiger partial charge in [0.15, 0.2) is 0 Å². The normalized spacial score (nSPS) is 17.1. The molecule has 1 fully saturated rings. The minimum Gasteiger partial charge on any atom is -0.337 e. The summed E-state index contributed by atoms with van der Waals surface area (Å²) in [6.07, 6.45) is 5.61. The van der Waals surface area contributed by atoms with Crippen molar-refractivity contribution in [3.8, 4) is 0 Å². The standard InChI is InChI=1S/C19H19N5OS/c25-19(16-12-26-13-22-16)24-9-3-4-15(11-24)14-6-8-21-18(10-14)23-17-5-1-2-7-20-17/h1-2,5-8,10,12-13,15H,3-4,9,11H2,(H,20,21,23). The molecular formula is C19H19N5OS. The summed E-state index contributed by atoms with van der Waals surface area (Å²) < 4.78 is 0. The summed E-state index contributed by atoms with van der Waals surface area (Å²) in [7, 11) is 0. The molecule has 1 unspecified atom stereocenters. The molecule has 0 radical (unpaired) electrons. The Morgan fingerprint density at radius 1 is 1.15 bits per heavy atom. The molecule has 0 spiro atoms. The first-order chi connectivity index (χ1) is 12.8. The summed E-state index contributed by atoms with van der Waals surface area (Å²) in [4.78, 5) is 27.3. The number of aromatic nitrogens is 3. The van der Waals surface area contributed by atoms with E-state index in [1.54, 1.807) is 11.7 Å². The number of thiazole rings is 1. The number of pyridine rings is 2. The van der Waals surface area contributed by atoms with Crippen molar-refractivity contribution in [1.82, 2.24) is 19.9 Å². The Morgan fingerprint density at radius 3 is 2.88 bits per heavy atom. The van der Waals surface area contributed by atoms with Crippen LogP contribution in [0, 0.1) is 0 Å². The number of carbonyl (C=O) groups excluding carboxylic acids is 1. The molecule has 1 saturated heterocycles. The maximum Gasteiger partial charge on any atom is 0.273 e. The van der Waals surface area contributed by atoms with Crippen LogP contribution in [0.2, 0.25) is 0 Å². The van der Waals surface area contributed by atoms with Crippen molar-refractivity contribution in [3.63, 3.8) is 0 Å². The zero-order chi connectivity index (χ0) is 17.8. The molecule has 1 aliphatic rings. The Labute approximate surface area is 155 Å². The molecule has 0 bridgehead atoms. The summed E-state index contributed by atoms with van der Waals surface area (Å²) in [6, 6.07) is 9.80. The maximum absolute atomic E-state index is 12.6. The number of hydrogen-bond donors (Lipinski definition) is 1. The molecular weight excluding hydrogens is 346 g/mol. The average molecular weight is 365 g/mol. The van der Waals surface area contributed by atoms with Crippen LogP contribution in [0.4, 0.5) is 11.6 Å². The van der Waals surface area contributed by atoms with Gasteiger partial charge in [-0.05, 0) is 42.7 Å². The number of hydrogen-bond acceptors (Lipinski definition) is 6. The number of nitrogens with zero attached hydrogens (tertiary/aromatic N) is 4. The minimum atomic E-state index is 0.0249. The van der Waals surface area contributed by atoms with Gasteiger partial charge in [0.1, 0.15) is 17.3 Å². The number of amides is 1. The highest BCUT2D eigenvalue weighted by molar-refractivity contribution is 7.07. The van der Waals surface area contributed by atoms with Crippen LogP contribution in [0.25, 0.3) is 0 Å². The van der Waals surface area contributed by atoms with Crippen molar-refractivity contribution in [1.29, 1.82) is 0 Å². The molecule has 0 aromatic carbocycles. The number of rotatable bonds is 4. The summed E-state index contributed by atoms with van der Waals surface area (Å²) >= 11 is 1.45. The van der Waals surface area contributed by atoms with Gasteiger partial charge in [-0.3, -0.25) is 4.79 Å². The Kier molecular flexibility index (Phi) is 4.88. The molecule has 0 aliphatic carbocycles. The fourth-order valence-electron chi connectivity index (χ4n) is 3.25. The van der Waals surface area contributed by atoms with Crippen LogP contribution in [-0.4, -0.2) is 38.8 Å². The van der Waals surface area contributed by atoms with E-state index in [2.05, 4.69) is 26.3 Å². The van der Waals surface area contributed by atoms with E-state index < -0.39 is 0 Å². The second kappa shape index (κ2) is 7.61. The van der Waals surface area contributed by atoms with Crippen LogP contribution in [-0.2, 0) is 0 Å². The lowest BCUT2D eigenvalue weighted by Gasteiger charge is -2.32. The van der Waals surface area contributed by atoms with E-state index in [-0.39, 0.29) is 5.91 Å². The molecule has 4 rings (SSSR count). The summed E-state index contributed by atoms with van der Waals surface area (Å²) in [5, 5.41) is 5.04. The molecule has 1 atom stereocenters. The maximum atomic E-state index is 12.6. The van der Waals surface area contributed by atoms with E-state index in [4.69, 9.17) is 0 Å². The molecule has 1 amide bonds. The molecule has 3 aromatic rings. The SMILES string of the molecule is O=C(c1cscn1)N1CCCC(c2ccnc(Nc3ccccn3)c2)C1. The predicted molar refractivity (Wildman–Crippen MR) is 102 cm³/mol. The van der Waals surface area contributed by atoms with Crippen molar-refractivity contribution in [2.45, 2.75) is 18.8 Å². The predicted octanol–water partition coefficient (Wildman–Crippen LogP) is 3.70. The summed E-state index contributed by atoms with van der Waals surface area (Å²) in [5.41, 5.74) is 3.43. The van der Waals surface area contributed by atoms with Crippen molar-refractivity contribution < 1.29 is 4.79 Å². The van der Waals surface area contributed by atoms with E-state index in [1.165, 1.54) is 16.9 Å². The van der Waals surface area contributed by atoms with Crippen LogP contribution in [0.3, 0.4) is 0 Å². The Bertz CT molecular complexity index is 869. The summed E-state index contributed by atoms with van der Waals surface area (Å²) in [6.45, 7) is 1.50. The van der Waals surface area contributed by atoms with Gasteiger partial charge in [-0.15, -0.1) is 11.3 Å². The zero-order valence-corrected chi connectivity index (χ0v) is 15.0. The van der Waals surface area contributed by atoms with Crippen molar-refractivity contribution in [3.05, 3.63) is 64.9 Å². The monoisotopic (exact) mass is 365 g/mol. The molecule has 1 N–H and O–H groups in total. The summed E-state index contributed by atoms with van der Waals surface area (Å²) in [5.74, 6) is 1.86.